The molecule has 0 fully saturated rings. The molecule has 0 aliphatic heterocycles. The highest BCUT2D eigenvalue weighted by atomic mass is 35.5. The Hall–Kier alpha value is -1.96. The number of carboxylic acids is 1. The van der Waals surface area contributed by atoms with Crippen molar-refractivity contribution >= 4 is 27.6 Å². The molecule has 2 aromatic carbocycles. The first-order valence-electron chi connectivity index (χ1n) is 6.51. The fraction of sp³-hybridized carbons (Fsp3) is 0.133. The lowest BCUT2D eigenvalue weighted by Crippen LogP contribution is -2.49. The lowest BCUT2D eigenvalue weighted by molar-refractivity contribution is -0.307. The van der Waals surface area contributed by atoms with Crippen LogP contribution in [-0.2, 0) is 21.2 Å². The molecule has 2 rings (SSSR count). The van der Waals surface area contributed by atoms with Gasteiger partial charge in [0.2, 0.25) is 10.0 Å². The predicted molar refractivity (Wildman–Crippen MR) is 80.7 cm³/mol. The summed E-state index contributed by atoms with van der Waals surface area (Å²) in [5, 5.41) is 11.7. The van der Waals surface area contributed by atoms with Crippen LogP contribution in [-0.4, -0.2) is 20.4 Å². The molecule has 0 amide bonds. The van der Waals surface area contributed by atoms with Crippen LogP contribution in [0.25, 0.3) is 0 Å². The number of halogens is 2. The van der Waals surface area contributed by atoms with Crippen LogP contribution in [0.15, 0.2) is 53.4 Å². The first-order chi connectivity index (χ1) is 10.8. The summed E-state index contributed by atoms with van der Waals surface area (Å²) in [4.78, 5) is 11.0. The highest BCUT2D eigenvalue weighted by molar-refractivity contribution is 7.89. The summed E-state index contributed by atoms with van der Waals surface area (Å²) < 4.78 is 39.2. The van der Waals surface area contributed by atoms with E-state index in [1.165, 1.54) is 0 Å². The van der Waals surface area contributed by atoms with Crippen molar-refractivity contribution in [2.24, 2.45) is 0 Å². The maximum absolute atomic E-state index is 12.9. The van der Waals surface area contributed by atoms with Gasteiger partial charge < -0.3 is 9.90 Å². The number of hydrogen-bond donors (Lipinski definition) is 1. The molecular formula is C15H12ClFNO4S-. The van der Waals surface area contributed by atoms with Gasteiger partial charge in [-0.3, -0.25) is 0 Å². The van der Waals surface area contributed by atoms with Crippen LogP contribution < -0.4 is 9.83 Å². The van der Waals surface area contributed by atoms with Crippen LogP contribution >= 0.6 is 11.6 Å². The smallest absolute Gasteiger partial charge is 0.241 e. The molecule has 2 aromatic rings. The van der Waals surface area contributed by atoms with Gasteiger partial charge in [-0.15, -0.1) is 0 Å². The van der Waals surface area contributed by atoms with E-state index >= 15 is 0 Å². The van der Waals surface area contributed by atoms with Crippen LogP contribution in [0.3, 0.4) is 0 Å². The Labute approximate surface area is 137 Å². The fourth-order valence-corrected chi connectivity index (χ4v) is 3.21. The summed E-state index contributed by atoms with van der Waals surface area (Å²) in [5.41, 5.74) is 0.574. The second kappa shape index (κ2) is 7.08. The number of carboxylic acid groups (broad SMARTS) is 1. The van der Waals surface area contributed by atoms with E-state index in [4.69, 9.17) is 11.6 Å². The maximum atomic E-state index is 12.9. The molecule has 0 saturated heterocycles. The lowest BCUT2D eigenvalue weighted by Gasteiger charge is -2.20. The Morgan fingerprint density at radius 3 is 2.22 bits per heavy atom. The van der Waals surface area contributed by atoms with E-state index < -0.39 is 27.9 Å². The molecule has 8 heteroatoms. The second-order valence-electron chi connectivity index (χ2n) is 4.78. The van der Waals surface area contributed by atoms with Crippen LogP contribution in [0, 0.1) is 5.82 Å². The fourth-order valence-electron chi connectivity index (χ4n) is 1.90. The SMILES string of the molecule is O=C([O-])[C@H](Cc1ccc(Cl)cc1)NS(=O)(=O)c1ccc(F)cc1. The quantitative estimate of drug-likeness (QED) is 0.840. The van der Waals surface area contributed by atoms with Crippen LogP contribution in [0.5, 0.6) is 0 Å². The van der Waals surface area contributed by atoms with Crippen molar-refractivity contribution in [1.29, 1.82) is 0 Å². The number of carbonyl (C=O) groups is 1. The third kappa shape index (κ3) is 4.75. The summed E-state index contributed by atoms with van der Waals surface area (Å²) >= 11 is 5.74. The molecule has 122 valence electrons. The van der Waals surface area contributed by atoms with Gasteiger partial charge in [0.05, 0.1) is 16.9 Å². The number of rotatable bonds is 6. The van der Waals surface area contributed by atoms with Gasteiger partial charge in [0.15, 0.2) is 0 Å². The Morgan fingerprint density at radius 2 is 1.70 bits per heavy atom. The molecule has 5 nitrogen and oxygen atoms in total. The van der Waals surface area contributed by atoms with Crippen molar-refractivity contribution in [3.05, 3.63) is 64.9 Å². The number of benzene rings is 2. The molecule has 0 saturated carbocycles. The monoisotopic (exact) mass is 356 g/mol. The van der Waals surface area contributed by atoms with Gasteiger partial charge in [0.25, 0.3) is 0 Å². The summed E-state index contributed by atoms with van der Waals surface area (Å²) in [6.45, 7) is 0. The van der Waals surface area contributed by atoms with Gasteiger partial charge in [0, 0.05) is 5.02 Å². The van der Waals surface area contributed by atoms with Crippen molar-refractivity contribution in [2.75, 3.05) is 0 Å². The van der Waals surface area contributed by atoms with E-state index in [0.717, 1.165) is 24.3 Å². The van der Waals surface area contributed by atoms with E-state index in [0.29, 0.717) is 10.6 Å². The Balaban J connectivity index is 2.20. The molecule has 0 aliphatic carbocycles. The first-order valence-corrected chi connectivity index (χ1v) is 8.37. The van der Waals surface area contributed by atoms with E-state index in [1.54, 1.807) is 24.3 Å². The normalized spacial score (nSPS) is 12.8. The van der Waals surface area contributed by atoms with Crippen molar-refractivity contribution in [1.82, 2.24) is 4.72 Å². The van der Waals surface area contributed by atoms with Gasteiger partial charge in [-0.25, -0.2) is 17.5 Å². The average molecular weight is 357 g/mol. The van der Waals surface area contributed by atoms with E-state index in [9.17, 15) is 22.7 Å². The van der Waals surface area contributed by atoms with Crippen LogP contribution in [0.2, 0.25) is 5.02 Å². The van der Waals surface area contributed by atoms with Crippen molar-refractivity contribution in [2.45, 2.75) is 17.4 Å². The molecule has 0 radical (unpaired) electrons. The molecule has 0 unspecified atom stereocenters. The summed E-state index contributed by atoms with van der Waals surface area (Å²) in [5.74, 6) is -2.16. The van der Waals surface area contributed by atoms with Gasteiger partial charge in [0.1, 0.15) is 5.82 Å². The van der Waals surface area contributed by atoms with E-state index in [-0.39, 0.29) is 11.3 Å². The predicted octanol–water partition coefficient (Wildman–Crippen LogP) is 1.12. The molecule has 0 aliphatic rings. The molecule has 0 aromatic heterocycles. The molecule has 1 atom stereocenters. The minimum atomic E-state index is -4.11. The molecule has 1 N–H and O–H groups in total. The number of carbonyl (C=O) groups excluding carboxylic acids is 1. The largest absolute Gasteiger partial charge is 0.548 e. The zero-order chi connectivity index (χ0) is 17.0. The Kier molecular flexibility index (Phi) is 5.35. The molecule has 0 bridgehead atoms. The van der Waals surface area contributed by atoms with Crippen molar-refractivity contribution < 1.29 is 22.7 Å². The topological polar surface area (TPSA) is 86.3 Å². The minimum Gasteiger partial charge on any atom is -0.548 e. The average Bonchev–Trinajstić information content (AvgIpc) is 2.49. The molecule has 0 heterocycles. The van der Waals surface area contributed by atoms with Gasteiger partial charge in [-0.2, -0.15) is 0 Å². The highest BCUT2D eigenvalue weighted by Gasteiger charge is 2.21. The zero-order valence-electron chi connectivity index (χ0n) is 11.7. The number of aliphatic carboxylic acids is 1. The van der Waals surface area contributed by atoms with E-state index in [2.05, 4.69) is 0 Å². The number of hydrogen-bond acceptors (Lipinski definition) is 4. The lowest BCUT2D eigenvalue weighted by atomic mass is 10.1. The Bertz CT molecular complexity index is 791. The van der Waals surface area contributed by atoms with Gasteiger partial charge in [-0.1, -0.05) is 23.7 Å². The number of nitrogens with one attached hydrogen (secondary N) is 1. The standard InChI is InChI=1S/C15H13ClFNO4S/c16-11-3-1-10(2-4-11)9-14(15(19)20)18-23(21,22)13-7-5-12(17)6-8-13/h1-8,14,18H,9H2,(H,19,20)/p-1/t14-/m0/s1. The second-order valence-corrected chi connectivity index (χ2v) is 6.93. The zero-order valence-corrected chi connectivity index (χ0v) is 13.3. The van der Waals surface area contributed by atoms with Crippen LogP contribution in [0.4, 0.5) is 4.39 Å². The van der Waals surface area contributed by atoms with Gasteiger partial charge >= 0.3 is 0 Å². The number of sulfonamides is 1. The van der Waals surface area contributed by atoms with Crippen molar-refractivity contribution in [3.63, 3.8) is 0 Å². The molecular weight excluding hydrogens is 345 g/mol. The van der Waals surface area contributed by atoms with Crippen molar-refractivity contribution in [3.8, 4) is 0 Å². The van der Waals surface area contributed by atoms with Crippen LogP contribution in [0.1, 0.15) is 5.56 Å². The first kappa shape index (κ1) is 17.4. The van der Waals surface area contributed by atoms with E-state index in [1.807, 2.05) is 4.72 Å². The highest BCUT2D eigenvalue weighted by Crippen LogP contribution is 2.14. The maximum Gasteiger partial charge on any atom is 0.241 e. The summed E-state index contributed by atoms with van der Waals surface area (Å²) in [6, 6.07) is 8.89. The molecule has 23 heavy (non-hydrogen) atoms. The third-order valence-electron chi connectivity index (χ3n) is 3.06. The summed E-state index contributed by atoms with van der Waals surface area (Å²) in [6.07, 6.45) is -0.111. The summed E-state index contributed by atoms with van der Waals surface area (Å²) in [7, 11) is -4.11. The minimum absolute atomic E-state index is 0.111. The third-order valence-corrected chi connectivity index (χ3v) is 4.80. The Morgan fingerprint density at radius 1 is 1.13 bits per heavy atom. The molecule has 0 spiro atoms. The van der Waals surface area contributed by atoms with Gasteiger partial charge in [-0.05, 0) is 48.4 Å².